The Balaban J connectivity index is 0.000000411. The second kappa shape index (κ2) is 9.81. The van der Waals surface area contributed by atoms with Crippen molar-refractivity contribution < 1.29 is 14.3 Å². The number of methoxy groups -OCH3 is 1. The average molecular weight is 260 g/mol. The predicted octanol–water partition coefficient (Wildman–Crippen LogP) is -1.77. The second-order valence-corrected chi connectivity index (χ2v) is 3.80. The summed E-state index contributed by atoms with van der Waals surface area (Å²) < 4.78 is 4.14. The van der Waals surface area contributed by atoms with Crippen LogP contribution in [0.3, 0.4) is 0 Å². The third kappa shape index (κ3) is 6.53. The van der Waals surface area contributed by atoms with Gasteiger partial charge in [-0.1, -0.05) is 6.92 Å². The fourth-order valence-electron chi connectivity index (χ4n) is 1.53. The van der Waals surface area contributed by atoms with Gasteiger partial charge in [0.05, 0.1) is 20.2 Å². The number of piperazine rings is 1. The van der Waals surface area contributed by atoms with E-state index in [1.807, 2.05) is 4.90 Å². The lowest BCUT2D eigenvalue weighted by molar-refractivity contribution is -0.138. The van der Waals surface area contributed by atoms with Gasteiger partial charge in [-0.15, -0.1) is 0 Å². The number of likely N-dealkylation sites (N-methyl/N-ethyl adjacent to an activating group) is 1. The molecule has 1 aliphatic heterocycles. The minimum atomic E-state index is -0.380. The van der Waals surface area contributed by atoms with Crippen LogP contribution < -0.4 is 11.5 Å². The largest absolute Gasteiger partial charge is 0.468 e. The van der Waals surface area contributed by atoms with Crippen LogP contribution in [0.4, 0.5) is 0 Å². The van der Waals surface area contributed by atoms with Crippen molar-refractivity contribution in [2.45, 2.75) is 6.92 Å². The van der Waals surface area contributed by atoms with Crippen molar-refractivity contribution in [2.75, 3.05) is 52.9 Å². The Morgan fingerprint density at radius 3 is 1.94 bits per heavy atom. The Hall–Kier alpha value is -1.18. The molecule has 1 fully saturated rings. The van der Waals surface area contributed by atoms with Gasteiger partial charge in [0.2, 0.25) is 5.91 Å². The number of ether oxygens (including phenoxy) is 1. The van der Waals surface area contributed by atoms with Crippen LogP contribution in [0.15, 0.2) is 0 Å². The molecule has 0 radical (unpaired) electrons. The van der Waals surface area contributed by atoms with Gasteiger partial charge in [-0.2, -0.15) is 0 Å². The fourth-order valence-corrected chi connectivity index (χ4v) is 1.53. The van der Waals surface area contributed by atoms with Crippen molar-refractivity contribution in [1.29, 1.82) is 0 Å². The highest BCUT2D eigenvalue weighted by atomic mass is 16.5. The smallest absolute Gasteiger partial charge is 0.319 e. The summed E-state index contributed by atoms with van der Waals surface area (Å²) in [5.41, 5.74) is 10.1. The summed E-state index contributed by atoms with van der Waals surface area (Å²) >= 11 is 0. The number of nitrogens with two attached hydrogens (primary N) is 2. The maximum Gasteiger partial charge on any atom is 0.319 e. The molecule has 7 nitrogen and oxygen atoms in total. The van der Waals surface area contributed by atoms with E-state index in [2.05, 4.69) is 16.6 Å². The maximum atomic E-state index is 11.1. The van der Waals surface area contributed by atoms with Crippen LogP contribution in [-0.2, 0) is 14.3 Å². The molecule has 18 heavy (non-hydrogen) atoms. The first-order valence-corrected chi connectivity index (χ1v) is 6.06. The Morgan fingerprint density at radius 2 is 1.67 bits per heavy atom. The summed E-state index contributed by atoms with van der Waals surface area (Å²) in [4.78, 5) is 25.2. The van der Waals surface area contributed by atoms with Gasteiger partial charge >= 0.3 is 5.97 Å². The van der Waals surface area contributed by atoms with Gasteiger partial charge in [0, 0.05) is 26.2 Å². The topological polar surface area (TPSA) is 102 Å². The molecule has 4 N–H and O–H groups in total. The SMILES string of the molecule is CCN1CCN(C(=O)CN)CC1.COC(=O)CN. The molecule has 0 aromatic heterocycles. The van der Waals surface area contributed by atoms with Gasteiger partial charge in [-0.3, -0.25) is 9.59 Å². The molecular weight excluding hydrogens is 236 g/mol. The lowest BCUT2D eigenvalue weighted by atomic mass is 10.3. The Morgan fingerprint density at radius 1 is 1.11 bits per heavy atom. The molecule has 0 saturated carbocycles. The Kier molecular flexibility index (Phi) is 9.17. The second-order valence-electron chi connectivity index (χ2n) is 3.80. The molecule has 1 heterocycles. The van der Waals surface area contributed by atoms with Gasteiger partial charge in [-0.05, 0) is 6.54 Å². The normalized spacial score (nSPS) is 15.7. The molecule has 1 aliphatic rings. The van der Waals surface area contributed by atoms with Crippen LogP contribution in [0.2, 0.25) is 0 Å². The number of hydrogen-bond acceptors (Lipinski definition) is 6. The van der Waals surface area contributed by atoms with Gasteiger partial charge in [0.15, 0.2) is 0 Å². The van der Waals surface area contributed by atoms with E-state index < -0.39 is 0 Å². The van der Waals surface area contributed by atoms with Crippen LogP contribution in [-0.4, -0.2) is 74.6 Å². The average Bonchev–Trinajstić information content (AvgIpc) is 2.46. The summed E-state index contributed by atoms with van der Waals surface area (Å²) in [7, 11) is 1.30. The number of esters is 1. The lowest BCUT2D eigenvalue weighted by Crippen LogP contribution is -2.50. The third-order valence-corrected chi connectivity index (χ3v) is 2.74. The van der Waals surface area contributed by atoms with Crippen LogP contribution >= 0.6 is 0 Å². The number of amides is 1. The minimum absolute atomic E-state index is 0.0312. The zero-order valence-electron chi connectivity index (χ0n) is 11.2. The molecule has 0 aromatic rings. The predicted molar refractivity (Wildman–Crippen MR) is 68.8 cm³/mol. The van der Waals surface area contributed by atoms with Crippen LogP contribution in [0.1, 0.15) is 6.92 Å². The van der Waals surface area contributed by atoms with Crippen molar-refractivity contribution in [3.63, 3.8) is 0 Å². The van der Waals surface area contributed by atoms with E-state index in [4.69, 9.17) is 11.5 Å². The monoisotopic (exact) mass is 260 g/mol. The van der Waals surface area contributed by atoms with E-state index in [9.17, 15) is 9.59 Å². The first kappa shape index (κ1) is 16.8. The number of rotatable bonds is 3. The zero-order valence-corrected chi connectivity index (χ0v) is 11.2. The molecule has 0 unspecified atom stereocenters. The minimum Gasteiger partial charge on any atom is -0.468 e. The van der Waals surface area contributed by atoms with Crippen molar-refractivity contribution in [3.05, 3.63) is 0 Å². The van der Waals surface area contributed by atoms with E-state index in [0.717, 1.165) is 32.7 Å². The highest BCUT2D eigenvalue weighted by Gasteiger charge is 2.18. The number of carbonyl (C=O) groups is 2. The lowest BCUT2D eigenvalue weighted by Gasteiger charge is -2.33. The van der Waals surface area contributed by atoms with Crippen LogP contribution in [0.25, 0.3) is 0 Å². The van der Waals surface area contributed by atoms with Crippen molar-refractivity contribution in [1.82, 2.24) is 9.80 Å². The molecule has 1 saturated heterocycles. The van der Waals surface area contributed by atoms with Gasteiger partial charge in [0.1, 0.15) is 0 Å². The zero-order chi connectivity index (χ0) is 14.0. The molecule has 106 valence electrons. The van der Waals surface area contributed by atoms with Crippen molar-refractivity contribution in [3.8, 4) is 0 Å². The number of hydrogen-bond donors (Lipinski definition) is 2. The van der Waals surface area contributed by atoms with E-state index in [1.54, 1.807) is 0 Å². The highest BCUT2D eigenvalue weighted by Crippen LogP contribution is 2.00. The van der Waals surface area contributed by atoms with Crippen LogP contribution in [0, 0.1) is 0 Å². The van der Waals surface area contributed by atoms with Crippen molar-refractivity contribution in [2.24, 2.45) is 11.5 Å². The Bertz CT molecular complexity index is 247. The molecule has 0 aromatic carbocycles. The molecular formula is C11H24N4O3. The standard InChI is InChI=1S/C8H17N3O.C3H7NO2/c1-2-10-3-5-11(6-4-10)8(12)7-9;1-6-3(5)2-4/h2-7,9H2,1H3;2,4H2,1H3. The van der Waals surface area contributed by atoms with Gasteiger partial charge in [-0.25, -0.2) is 0 Å². The quantitative estimate of drug-likeness (QED) is 0.582. The molecule has 7 heteroatoms. The molecule has 0 atom stereocenters. The number of carbonyl (C=O) groups excluding carboxylic acids is 2. The van der Waals surface area contributed by atoms with E-state index >= 15 is 0 Å². The van der Waals surface area contributed by atoms with Crippen molar-refractivity contribution >= 4 is 11.9 Å². The highest BCUT2D eigenvalue weighted by molar-refractivity contribution is 5.78. The summed E-state index contributed by atoms with van der Waals surface area (Å²) in [6.07, 6.45) is 0. The first-order valence-electron chi connectivity index (χ1n) is 6.06. The third-order valence-electron chi connectivity index (χ3n) is 2.74. The van der Waals surface area contributed by atoms with E-state index in [1.165, 1.54) is 7.11 Å². The van der Waals surface area contributed by atoms with Gasteiger partial charge < -0.3 is 26.0 Å². The first-order chi connectivity index (χ1) is 8.58. The Labute approximate surface area is 108 Å². The molecule has 1 amide bonds. The molecule has 1 rings (SSSR count). The maximum absolute atomic E-state index is 11.1. The summed E-state index contributed by atoms with van der Waals surface area (Å²) in [6.45, 7) is 6.98. The summed E-state index contributed by atoms with van der Waals surface area (Å²) in [5, 5.41) is 0. The van der Waals surface area contributed by atoms with Gasteiger partial charge in [0.25, 0.3) is 0 Å². The van der Waals surface area contributed by atoms with Crippen LogP contribution in [0.5, 0.6) is 0 Å². The number of nitrogens with zero attached hydrogens (tertiary/aromatic N) is 2. The van der Waals surface area contributed by atoms with E-state index in [-0.39, 0.29) is 25.0 Å². The summed E-state index contributed by atoms with van der Waals surface area (Å²) in [6, 6.07) is 0. The molecule has 0 bridgehead atoms. The fraction of sp³-hybridized carbons (Fsp3) is 0.818. The molecule has 0 aliphatic carbocycles. The molecule has 0 spiro atoms. The van der Waals surface area contributed by atoms with E-state index in [0.29, 0.717) is 0 Å². The summed E-state index contributed by atoms with van der Waals surface area (Å²) in [5.74, 6) is -0.305.